The van der Waals surface area contributed by atoms with Crippen LogP contribution in [0.4, 0.5) is 10.2 Å². The summed E-state index contributed by atoms with van der Waals surface area (Å²) in [6.07, 6.45) is 4.85. The molecule has 0 saturated carbocycles. The lowest BCUT2D eigenvalue weighted by Crippen LogP contribution is -2.11. The van der Waals surface area contributed by atoms with E-state index in [1.807, 2.05) is 60.0 Å². The van der Waals surface area contributed by atoms with Crippen LogP contribution in [0.25, 0.3) is 33.5 Å². The number of aromatic nitrogens is 6. The van der Waals surface area contributed by atoms with E-state index in [9.17, 15) is 4.39 Å². The fourth-order valence-electron chi connectivity index (χ4n) is 4.51. The first-order valence-electron chi connectivity index (χ1n) is 13.6. The molecule has 0 aliphatic rings. The van der Waals surface area contributed by atoms with Crippen molar-refractivity contribution in [1.82, 2.24) is 29.5 Å². The number of imidazole rings is 1. The van der Waals surface area contributed by atoms with Gasteiger partial charge in [0.2, 0.25) is 0 Å². The maximum absolute atomic E-state index is 13.9. The number of halogens is 1. The van der Waals surface area contributed by atoms with Crippen LogP contribution in [0.1, 0.15) is 37.9 Å². The van der Waals surface area contributed by atoms with Crippen LogP contribution in [0.2, 0.25) is 0 Å². The Labute approximate surface area is 243 Å². The molecule has 42 heavy (non-hydrogen) atoms. The number of fused-ring (bicyclic) bond motifs is 2. The van der Waals surface area contributed by atoms with Gasteiger partial charge in [-0.05, 0) is 68.8 Å². The van der Waals surface area contributed by atoms with Gasteiger partial charge >= 0.3 is 0 Å². The van der Waals surface area contributed by atoms with Gasteiger partial charge in [-0.2, -0.15) is 0 Å². The molecule has 0 aliphatic carbocycles. The average Bonchev–Trinajstić information content (AvgIpc) is 3.40. The fraction of sp³-hybridized carbons (Fsp3) is 0.219. The Bertz CT molecular complexity index is 1790. The second kappa shape index (κ2) is 12.7. The molecule has 2 N–H and O–H groups in total. The predicted molar refractivity (Wildman–Crippen MR) is 162 cm³/mol. The average molecular weight is 566 g/mol. The molecule has 6 rings (SSSR count). The first-order valence-corrected chi connectivity index (χ1v) is 13.6. The van der Waals surface area contributed by atoms with Gasteiger partial charge in [-0.1, -0.05) is 18.2 Å². The third-order valence-corrected chi connectivity index (χ3v) is 6.45. The minimum absolute atomic E-state index is 0.167. The molecule has 0 saturated heterocycles. The highest BCUT2D eigenvalue weighted by molar-refractivity contribution is 5.85. The van der Waals surface area contributed by atoms with Gasteiger partial charge in [0.15, 0.2) is 11.5 Å². The quantitative estimate of drug-likeness (QED) is 0.236. The van der Waals surface area contributed by atoms with E-state index in [4.69, 9.17) is 14.8 Å². The van der Waals surface area contributed by atoms with Crippen molar-refractivity contribution in [2.45, 2.75) is 39.5 Å². The third-order valence-electron chi connectivity index (χ3n) is 6.45. The first-order chi connectivity index (χ1) is 20.3. The molecule has 0 radical (unpaired) electrons. The van der Waals surface area contributed by atoms with Crippen molar-refractivity contribution in [1.29, 1.82) is 0 Å². The van der Waals surface area contributed by atoms with Gasteiger partial charge in [0.05, 0.1) is 42.9 Å². The molecule has 10 heteroatoms. The molecule has 9 nitrogen and oxygen atoms in total. The van der Waals surface area contributed by atoms with E-state index < -0.39 is 0 Å². The van der Waals surface area contributed by atoms with Crippen molar-refractivity contribution in [2.24, 2.45) is 0 Å². The molecular formula is C32H32FN7O2. The summed E-state index contributed by atoms with van der Waals surface area (Å²) >= 11 is 0. The maximum Gasteiger partial charge on any atom is 0.165 e. The van der Waals surface area contributed by atoms with Crippen molar-refractivity contribution < 1.29 is 14.2 Å². The summed E-state index contributed by atoms with van der Waals surface area (Å²) in [5.74, 6) is 1.09. The minimum Gasteiger partial charge on any atom is -0.497 e. The SMILES string of the molecule is CC(C)O.COc1ccc(Cn2cnc3c(N[C@@H](C)c4cc5ccc(F)cc5nc4-c4ccccn4)ncnc32)cc1. The Kier molecular flexibility index (Phi) is 8.63. The summed E-state index contributed by atoms with van der Waals surface area (Å²) in [6.45, 7) is 6.09. The Hall–Kier alpha value is -4.96. The normalized spacial score (nSPS) is 11.8. The van der Waals surface area contributed by atoms with E-state index >= 15 is 0 Å². The van der Waals surface area contributed by atoms with E-state index in [0.29, 0.717) is 34.8 Å². The van der Waals surface area contributed by atoms with Crippen LogP contribution in [-0.2, 0) is 6.54 Å². The molecule has 4 heterocycles. The number of methoxy groups -OCH3 is 1. The van der Waals surface area contributed by atoms with Crippen LogP contribution >= 0.6 is 0 Å². The van der Waals surface area contributed by atoms with Crippen molar-refractivity contribution in [3.63, 3.8) is 0 Å². The molecule has 0 bridgehead atoms. The zero-order chi connectivity index (χ0) is 29.6. The van der Waals surface area contributed by atoms with E-state index in [0.717, 1.165) is 27.9 Å². The Morgan fingerprint density at radius 2 is 1.74 bits per heavy atom. The number of anilines is 1. The number of aliphatic hydroxyl groups is 1. The third kappa shape index (κ3) is 6.50. The second-order valence-corrected chi connectivity index (χ2v) is 10.1. The van der Waals surface area contributed by atoms with Gasteiger partial charge in [-0.3, -0.25) is 4.98 Å². The highest BCUT2D eigenvalue weighted by Gasteiger charge is 2.19. The lowest BCUT2D eigenvalue weighted by Gasteiger charge is -2.19. The lowest BCUT2D eigenvalue weighted by molar-refractivity contribution is 0.216. The number of pyridine rings is 2. The highest BCUT2D eigenvalue weighted by atomic mass is 19.1. The summed E-state index contributed by atoms with van der Waals surface area (Å²) in [4.78, 5) is 22.9. The van der Waals surface area contributed by atoms with Crippen LogP contribution in [-0.4, -0.2) is 47.8 Å². The zero-order valence-corrected chi connectivity index (χ0v) is 23.9. The van der Waals surface area contributed by atoms with Gasteiger partial charge in [-0.15, -0.1) is 0 Å². The standard InChI is InChI=1S/C29H24FN7O.C3H8O/c1-18(23-13-20-8-9-21(30)14-25(20)36-26(23)24-5-3-4-12-31-24)35-28-27-29(33-16-32-28)37(17-34-27)15-19-6-10-22(38-2)11-7-19;1-3(2)4/h3-14,16-18H,15H2,1-2H3,(H,32,33,35);3-4H,1-2H3/t18-;/m0./s1. The molecule has 6 aromatic rings. The fourth-order valence-corrected chi connectivity index (χ4v) is 4.51. The Morgan fingerprint density at radius 3 is 2.45 bits per heavy atom. The van der Waals surface area contributed by atoms with Gasteiger partial charge in [0, 0.05) is 29.3 Å². The Balaban J connectivity index is 0.000000830. The van der Waals surface area contributed by atoms with Crippen molar-refractivity contribution in [2.75, 3.05) is 12.4 Å². The number of benzene rings is 2. The second-order valence-electron chi connectivity index (χ2n) is 10.1. The molecule has 0 fully saturated rings. The van der Waals surface area contributed by atoms with Gasteiger partial charge in [-0.25, -0.2) is 24.3 Å². The maximum atomic E-state index is 13.9. The summed E-state index contributed by atoms with van der Waals surface area (Å²) in [5, 5.41) is 12.4. The molecule has 0 amide bonds. The van der Waals surface area contributed by atoms with Crippen LogP contribution < -0.4 is 10.1 Å². The van der Waals surface area contributed by atoms with E-state index in [-0.39, 0.29) is 18.0 Å². The van der Waals surface area contributed by atoms with Gasteiger partial charge in [0.1, 0.15) is 23.4 Å². The van der Waals surface area contributed by atoms with Gasteiger partial charge < -0.3 is 19.7 Å². The number of rotatable bonds is 7. The number of aliphatic hydroxyl groups excluding tert-OH is 1. The van der Waals surface area contributed by atoms with Crippen molar-refractivity contribution in [3.8, 4) is 17.1 Å². The Morgan fingerprint density at radius 1 is 0.952 bits per heavy atom. The molecule has 1 atom stereocenters. The van der Waals surface area contributed by atoms with E-state index in [1.165, 1.54) is 18.5 Å². The van der Waals surface area contributed by atoms with E-state index in [1.54, 1.807) is 39.5 Å². The minimum atomic E-state index is -0.329. The number of ether oxygens (including phenoxy) is 1. The van der Waals surface area contributed by atoms with Crippen molar-refractivity contribution in [3.05, 3.63) is 103 Å². The van der Waals surface area contributed by atoms with Crippen LogP contribution in [0.3, 0.4) is 0 Å². The molecule has 4 aromatic heterocycles. The molecule has 0 unspecified atom stereocenters. The molecule has 0 aliphatic heterocycles. The number of nitrogens with one attached hydrogen (secondary N) is 1. The zero-order valence-electron chi connectivity index (χ0n) is 23.9. The number of hydrogen-bond acceptors (Lipinski definition) is 8. The topological polar surface area (TPSA) is 111 Å². The summed E-state index contributed by atoms with van der Waals surface area (Å²) in [6, 6.07) is 20.0. The van der Waals surface area contributed by atoms with Gasteiger partial charge in [0.25, 0.3) is 0 Å². The van der Waals surface area contributed by atoms with Crippen LogP contribution in [0.15, 0.2) is 85.6 Å². The largest absolute Gasteiger partial charge is 0.497 e. The summed E-state index contributed by atoms with van der Waals surface area (Å²) < 4.78 is 21.2. The van der Waals surface area contributed by atoms with Crippen molar-refractivity contribution >= 4 is 27.9 Å². The predicted octanol–water partition coefficient (Wildman–Crippen LogP) is 6.19. The van der Waals surface area contributed by atoms with Crippen LogP contribution in [0.5, 0.6) is 5.75 Å². The summed E-state index contributed by atoms with van der Waals surface area (Å²) in [5.41, 5.74) is 5.37. The summed E-state index contributed by atoms with van der Waals surface area (Å²) in [7, 11) is 1.65. The molecular weight excluding hydrogens is 533 g/mol. The molecule has 2 aromatic carbocycles. The highest BCUT2D eigenvalue weighted by Crippen LogP contribution is 2.32. The monoisotopic (exact) mass is 565 g/mol. The molecule has 0 spiro atoms. The lowest BCUT2D eigenvalue weighted by atomic mass is 10.0. The van der Waals surface area contributed by atoms with Crippen LogP contribution in [0, 0.1) is 5.82 Å². The number of nitrogens with zero attached hydrogens (tertiary/aromatic N) is 6. The smallest absolute Gasteiger partial charge is 0.165 e. The van der Waals surface area contributed by atoms with E-state index in [2.05, 4.69) is 25.3 Å². The molecule has 214 valence electrons. The first kappa shape index (κ1) is 28.6. The number of hydrogen-bond donors (Lipinski definition) is 2.